The molecule has 1 N–H and O–H groups in total. The van der Waals surface area contributed by atoms with E-state index in [1.807, 2.05) is 7.05 Å². The van der Waals surface area contributed by atoms with Gasteiger partial charge in [0.1, 0.15) is 5.82 Å². The Morgan fingerprint density at radius 3 is 2.83 bits per heavy atom. The normalized spacial score (nSPS) is 10.4. The first-order valence-electron chi connectivity index (χ1n) is 5.84. The second-order valence-electron chi connectivity index (χ2n) is 3.86. The van der Waals surface area contributed by atoms with E-state index in [0.717, 1.165) is 29.4 Å². The molecule has 2 rings (SSSR count). The van der Waals surface area contributed by atoms with E-state index >= 15 is 0 Å². The minimum absolute atomic E-state index is 0.624. The Hall–Kier alpha value is -2.11. The van der Waals surface area contributed by atoms with Gasteiger partial charge in [-0.2, -0.15) is 5.10 Å². The summed E-state index contributed by atoms with van der Waals surface area (Å²) < 4.78 is 7.13. The second kappa shape index (κ2) is 5.48. The fourth-order valence-corrected chi connectivity index (χ4v) is 1.89. The van der Waals surface area contributed by atoms with Crippen LogP contribution in [-0.4, -0.2) is 26.9 Å². The molecule has 96 valence electrons. The van der Waals surface area contributed by atoms with Crippen LogP contribution in [0.25, 0.3) is 0 Å². The molecule has 6 nitrogen and oxygen atoms in total. The quantitative estimate of drug-likeness (QED) is 0.865. The van der Waals surface area contributed by atoms with Crippen molar-refractivity contribution in [3.63, 3.8) is 0 Å². The third-order valence-electron chi connectivity index (χ3n) is 2.71. The molecule has 2 heterocycles. The summed E-state index contributed by atoms with van der Waals surface area (Å²) in [6.45, 7) is 2.70. The fourth-order valence-electron chi connectivity index (χ4n) is 1.89. The lowest BCUT2D eigenvalue weighted by Gasteiger charge is -2.07. The van der Waals surface area contributed by atoms with E-state index in [0.29, 0.717) is 6.54 Å². The Kier molecular flexibility index (Phi) is 3.76. The number of methoxy groups -OCH3 is 1. The number of hydrogen-bond acceptors (Lipinski definition) is 5. The van der Waals surface area contributed by atoms with E-state index in [1.54, 1.807) is 30.4 Å². The molecule has 0 aromatic carbocycles. The third-order valence-corrected chi connectivity index (χ3v) is 2.71. The van der Waals surface area contributed by atoms with Gasteiger partial charge in [-0.1, -0.05) is 6.92 Å². The molecule has 0 aliphatic carbocycles. The Labute approximate surface area is 106 Å². The van der Waals surface area contributed by atoms with E-state index in [1.165, 1.54) is 0 Å². The van der Waals surface area contributed by atoms with Gasteiger partial charge in [0.15, 0.2) is 0 Å². The molecule has 18 heavy (non-hydrogen) atoms. The van der Waals surface area contributed by atoms with E-state index in [4.69, 9.17) is 4.74 Å². The van der Waals surface area contributed by atoms with Crippen LogP contribution in [0.15, 0.2) is 18.6 Å². The molecule has 0 aliphatic heterocycles. The first-order valence-corrected chi connectivity index (χ1v) is 5.84. The first kappa shape index (κ1) is 12.3. The van der Waals surface area contributed by atoms with E-state index in [9.17, 15) is 0 Å². The van der Waals surface area contributed by atoms with Crippen molar-refractivity contribution >= 4 is 5.82 Å². The highest BCUT2D eigenvalue weighted by Gasteiger charge is 2.15. The number of aryl methyl sites for hydroxylation is 2. The van der Waals surface area contributed by atoms with Gasteiger partial charge in [0.2, 0.25) is 5.88 Å². The Balaban J connectivity index is 2.18. The number of hydrogen-bond donors (Lipinski definition) is 1. The van der Waals surface area contributed by atoms with Crippen LogP contribution >= 0.6 is 0 Å². The Morgan fingerprint density at radius 1 is 1.39 bits per heavy atom. The van der Waals surface area contributed by atoms with Crippen LogP contribution in [0.2, 0.25) is 0 Å². The molecule has 0 saturated heterocycles. The summed E-state index contributed by atoms with van der Waals surface area (Å²) in [7, 11) is 3.53. The van der Waals surface area contributed by atoms with Crippen molar-refractivity contribution in [2.75, 3.05) is 12.4 Å². The highest BCUT2D eigenvalue weighted by Crippen LogP contribution is 2.22. The average molecular weight is 247 g/mol. The van der Waals surface area contributed by atoms with Crippen LogP contribution in [-0.2, 0) is 20.0 Å². The average Bonchev–Trinajstić information content (AvgIpc) is 2.73. The molecule has 0 amide bonds. The Morgan fingerprint density at radius 2 is 2.22 bits per heavy atom. The van der Waals surface area contributed by atoms with E-state index in [-0.39, 0.29) is 0 Å². The fraction of sp³-hybridized carbons (Fsp3) is 0.417. The molecule has 2 aromatic rings. The van der Waals surface area contributed by atoms with Crippen molar-refractivity contribution in [1.82, 2.24) is 19.7 Å². The molecule has 0 bridgehead atoms. The number of nitrogens with one attached hydrogen (secondary N) is 1. The first-order chi connectivity index (χ1) is 8.76. The smallest absolute Gasteiger partial charge is 0.216 e. The molecule has 0 atom stereocenters. The van der Waals surface area contributed by atoms with Gasteiger partial charge in [0, 0.05) is 26.0 Å². The van der Waals surface area contributed by atoms with Crippen LogP contribution in [0.5, 0.6) is 5.88 Å². The molecule has 0 saturated carbocycles. The van der Waals surface area contributed by atoms with Crippen molar-refractivity contribution in [3.05, 3.63) is 29.8 Å². The zero-order chi connectivity index (χ0) is 13.0. The zero-order valence-corrected chi connectivity index (χ0v) is 10.8. The van der Waals surface area contributed by atoms with Crippen LogP contribution in [0, 0.1) is 0 Å². The summed E-state index contributed by atoms with van der Waals surface area (Å²) in [5.41, 5.74) is 2.10. The highest BCUT2D eigenvalue weighted by molar-refractivity contribution is 5.38. The number of rotatable bonds is 5. The van der Waals surface area contributed by atoms with Gasteiger partial charge in [0.05, 0.1) is 24.6 Å². The van der Waals surface area contributed by atoms with Gasteiger partial charge < -0.3 is 10.1 Å². The minimum atomic E-state index is 0.624. The van der Waals surface area contributed by atoms with E-state index < -0.39 is 0 Å². The van der Waals surface area contributed by atoms with Crippen LogP contribution in [0.3, 0.4) is 0 Å². The lowest BCUT2D eigenvalue weighted by atomic mass is 10.2. The zero-order valence-electron chi connectivity index (χ0n) is 10.8. The molecular weight excluding hydrogens is 230 g/mol. The Bertz CT molecular complexity index is 509. The van der Waals surface area contributed by atoms with Gasteiger partial charge >= 0.3 is 0 Å². The molecule has 2 aromatic heterocycles. The molecule has 0 aliphatic rings. The minimum Gasteiger partial charge on any atom is -0.481 e. The summed E-state index contributed by atoms with van der Waals surface area (Å²) in [5.74, 6) is 1.52. The maximum atomic E-state index is 5.37. The van der Waals surface area contributed by atoms with Crippen molar-refractivity contribution in [3.8, 4) is 5.88 Å². The monoisotopic (exact) mass is 247 g/mol. The standard InChI is InChI=1S/C12H17N5O/c1-4-10-9(12(18-3)17(2)16-10)7-15-11-8-13-5-6-14-11/h5-6,8H,4,7H2,1-3H3,(H,14,15). The summed E-state index contributed by atoms with van der Waals surface area (Å²) in [4.78, 5) is 8.18. The third kappa shape index (κ3) is 2.42. The number of aromatic nitrogens is 4. The molecule has 0 fully saturated rings. The maximum Gasteiger partial charge on any atom is 0.216 e. The summed E-state index contributed by atoms with van der Waals surface area (Å²) in [5, 5.41) is 7.64. The number of anilines is 1. The molecule has 0 radical (unpaired) electrons. The van der Waals surface area contributed by atoms with Crippen LogP contribution in [0.1, 0.15) is 18.2 Å². The van der Waals surface area contributed by atoms with Crippen molar-refractivity contribution in [2.24, 2.45) is 7.05 Å². The lowest BCUT2D eigenvalue weighted by Crippen LogP contribution is -2.04. The van der Waals surface area contributed by atoms with Gasteiger partial charge in [-0.3, -0.25) is 4.98 Å². The predicted molar refractivity (Wildman–Crippen MR) is 68.5 cm³/mol. The molecule has 0 unspecified atom stereocenters. The second-order valence-corrected chi connectivity index (χ2v) is 3.86. The highest BCUT2D eigenvalue weighted by atomic mass is 16.5. The predicted octanol–water partition coefficient (Wildman–Crippen LogP) is 1.39. The number of ether oxygens (including phenoxy) is 1. The number of nitrogens with zero attached hydrogens (tertiary/aromatic N) is 4. The molecular formula is C12H17N5O. The van der Waals surface area contributed by atoms with Gasteiger partial charge in [-0.25, -0.2) is 9.67 Å². The van der Waals surface area contributed by atoms with Gasteiger partial charge in [0.25, 0.3) is 0 Å². The van der Waals surface area contributed by atoms with Crippen LogP contribution < -0.4 is 10.1 Å². The van der Waals surface area contributed by atoms with Crippen molar-refractivity contribution in [2.45, 2.75) is 19.9 Å². The van der Waals surface area contributed by atoms with Gasteiger partial charge in [-0.05, 0) is 6.42 Å². The molecule has 0 spiro atoms. The summed E-state index contributed by atoms with van der Waals surface area (Å²) in [6.07, 6.45) is 5.86. The van der Waals surface area contributed by atoms with Crippen molar-refractivity contribution in [1.29, 1.82) is 0 Å². The van der Waals surface area contributed by atoms with Crippen molar-refractivity contribution < 1.29 is 4.74 Å². The van der Waals surface area contributed by atoms with Crippen LogP contribution in [0.4, 0.5) is 5.82 Å². The lowest BCUT2D eigenvalue weighted by molar-refractivity contribution is 0.369. The SMILES string of the molecule is CCc1nn(C)c(OC)c1CNc1cnccn1. The summed E-state index contributed by atoms with van der Waals surface area (Å²) in [6, 6.07) is 0. The van der Waals surface area contributed by atoms with Gasteiger partial charge in [-0.15, -0.1) is 0 Å². The summed E-state index contributed by atoms with van der Waals surface area (Å²) >= 11 is 0. The maximum absolute atomic E-state index is 5.37. The van der Waals surface area contributed by atoms with E-state index in [2.05, 4.69) is 27.3 Å². The molecule has 6 heteroatoms. The largest absolute Gasteiger partial charge is 0.481 e. The topological polar surface area (TPSA) is 64.9 Å².